The van der Waals surface area contributed by atoms with Gasteiger partial charge >= 0.3 is 0 Å². The number of hydrogen-bond donors (Lipinski definition) is 0. The van der Waals surface area contributed by atoms with Crippen molar-refractivity contribution in [1.29, 1.82) is 0 Å². The van der Waals surface area contributed by atoms with Gasteiger partial charge in [-0.3, -0.25) is 14.5 Å². The van der Waals surface area contributed by atoms with Gasteiger partial charge < -0.3 is 38.1 Å². The Morgan fingerprint density at radius 3 is 1.83 bits per heavy atom. The average Bonchev–Trinajstić information content (AvgIpc) is 3.07. The molecule has 0 spiro atoms. The van der Waals surface area contributed by atoms with E-state index in [2.05, 4.69) is 0 Å². The highest BCUT2D eigenvalue weighted by Crippen LogP contribution is 2.58. The molecular weight excluding hydrogens is 604 g/mol. The molecule has 0 N–H and O–H groups in total. The number of carbonyl (C=O) groups is 2. The summed E-state index contributed by atoms with van der Waals surface area (Å²) in [5.74, 6) is 2.35. The number of nitrogens with zero attached hydrogens (tertiary/aromatic N) is 2. The second-order valence-corrected chi connectivity index (χ2v) is 12.0. The Bertz CT molecular complexity index is 1720. The highest BCUT2D eigenvalue weighted by molar-refractivity contribution is 6.10. The summed E-state index contributed by atoms with van der Waals surface area (Å²) in [5.41, 5.74) is 4.79. The quantitative estimate of drug-likeness (QED) is 0.310. The highest BCUT2D eigenvalue weighted by Gasteiger charge is 2.59. The molecule has 1 unspecified atom stereocenters. The van der Waals surface area contributed by atoms with Gasteiger partial charge in [0.1, 0.15) is 17.5 Å². The van der Waals surface area contributed by atoms with Crippen molar-refractivity contribution in [2.24, 2.45) is 0 Å². The summed E-state index contributed by atoms with van der Waals surface area (Å²) < 4.78 is 41.9. The third kappa shape index (κ3) is 4.70. The molecule has 0 saturated carbocycles. The van der Waals surface area contributed by atoms with Crippen LogP contribution < -0.4 is 28.4 Å². The van der Waals surface area contributed by atoms with E-state index in [0.717, 1.165) is 22.3 Å². The van der Waals surface area contributed by atoms with Crippen LogP contribution in [-0.2, 0) is 22.6 Å². The van der Waals surface area contributed by atoms with Gasteiger partial charge in [0.25, 0.3) is 0 Å². The van der Waals surface area contributed by atoms with Crippen molar-refractivity contribution in [1.82, 2.24) is 9.80 Å². The molecule has 0 aromatic heterocycles. The van der Waals surface area contributed by atoms with Crippen LogP contribution in [0, 0.1) is 13.8 Å². The van der Waals surface area contributed by atoms with Crippen LogP contribution in [0.4, 0.5) is 0 Å². The molecule has 0 aliphatic carbocycles. The number of methoxy groups -OCH3 is 6. The standard InChI is InChI=1S/C36H42N2O9/c1-18-30(41-4)21-15-22-36(40)38-23(17-47-16-20-13-11-10-12-14-20)25-26(31(42-5)19(2)33(44-7)35(25)46-9)29(39)28(38)27(37(22)3)24(21)34(45-8)32(18)43-6/h10-14,22-23,27-28H,15-17H2,1-9H3/t22?,23-,27-,28+/m0/s1. The predicted octanol–water partition coefficient (Wildman–Crippen LogP) is 4.62. The normalized spacial score (nSPS) is 21.4. The van der Waals surface area contributed by atoms with E-state index >= 15 is 4.79 Å². The van der Waals surface area contributed by atoms with Crippen molar-refractivity contribution in [3.05, 3.63) is 69.3 Å². The lowest BCUT2D eigenvalue weighted by molar-refractivity contribution is -0.156. The molecule has 11 nitrogen and oxygen atoms in total. The summed E-state index contributed by atoms with van der Waals surface area (Å²) in [7, 11) is 11.3. The number of Topliss-reactive ketones (excluding diaryl/α,β-unsaturated/α-hetero) is 1. The molecule has 4 atom stereocenters. The van der Waals surface area contributed by atoms with Crippen molar-refractivity contribution >= 4 is 11.7 Å². The molecule has 3 aromatic carbocycles. The van der Waals surface area contributed by atoms with E-state index in [1.54, 1.807) is 33.3 Å². The average molecular weight is 647 g/mol. The van der Waals surface area contributed by atoms with E-state index < -0.39 is 24.2 Å². The first-order valence-corrected chi connectivity index (χ1v) is 15.5. The molecule has 2 bridgehead atoms. The van der Waals surface area contributed by atoms with Gasteiger partial charge in [0.05, 0.1) is 79.6 Å². The monoisotopic (exact) mass is 646 g/mol. The number of fused-ring (bicyclic) bond motifs is 7. The largest absolute Gasteiger partial charge is 0.496 e. The van der Waals surface area contributed by atoms with Gasteiger partial charge in [-0.25, -0.2) is 0 Å². The lowest BCUT2D eigenvalue weighted by Crippen LogP contribution is -2.68. The van der Waals surface area contributed by atoms with Crippen molar-refractivity contribution in [3.8, 4) is 34.5 Å². The van der Waals surface area contributed by atoms with E-state index in [4.69, 9.17) is 33.2 Å². The second-order valence-electron chi connectivity index (χ2n) is 12.0. The minimum absolute atomic E-state index is 0.0941. The molecule has 0 radical (unpaired) electrons. The molecule has 1 amide bonds. The molecule has 3 aliphatic rings. The smallest absolute Gasteiger partial charge is 0.241 e. The van der Waals surface area contributed by atoms with E-state index in [-0.39, 0.29) is 18.3 Å². The molecule has 3 aliphatic heterocycles. The number of benzene rings is 3. The molecule has 47 heavy (non-hydrogen) atoms. The summed E-state index contributed by atoms with van der Waals surface area (Å²) in [6, 6.07) is 6.96. The second kappa shape index (κ2) is 12.6. The van der Waals surface area contributed by atoms with Crippen LogP contribution in [-0.4, -0.2) is 89.9 Å². The van der Waals surface area contributed by atoms with E-state index in [1.165, 1.54) is 14.2 Å². The number of hydrogen-bond acceptors (Lipinski definition) is 10. The molecule has 3 aromatic rings. The van der Waals surface area contributed by atoms with Crippen molar-refractivity contribution in [2.75, 3.05) is 56.3 Å². The zero-order valence-corrected chi connectivity index (χ0v) is 28.4. The molecule has 1 fully saturated rings. The molecule has 6 rings (SSSR count). The van der Waals surface area contributed by atoms with Gasteiger partial charge in [0.2, 0.25) is 5.91 Å². The first kappa shape index (κ1) is 32.5. The van der Waals surface area contributed by atoms with E-state index in [0.29, 0.717) is 64.2 Å². The summed E-state index contributed by atoms with van der Waals surface area (Å²) in [5, 5.41) is 0. The van der Waals surface area contributed by atoms with Crippen LogP contribution in [0.15, 0.2) is 30.3 Å². The zero-order valence-electron chi connectivity index (χ0n) is 28.4. The molecule has 250 valence electrons. The minimum atomic E-state index is -0.960. The topological polar surface area (TPSA) is 105 Å². The summed E-state index contributed by atoms with van der Waals surface area (Å²) >= 11 is 0. The number of likely N-dealkylation sites (N-methyl/N-ethyl adjacent to an activating group) is 1. The molecular formula is C36H42N2O9. The van der Waals surface area contributed by atoms with Crippen LogP contribution in [0.25, 0.3) is 0 Å². The fraction of sp³-hybridized carbons (Fsp3) is 0.444. The van der Waals surface area contributed by atoms with Gasteiger partial charge in [-0.05, 0) is 26.5 Å². The van der Waals surface area contributed by atoms with Crippen LogP contribution in [0.2, 0.25) is 0 Å². The molecule has 1 saturated heterocycles. The van der Waals surface area contributed by atoms with Crippen LogP contribution in [0.5, 0.6) is 34.5 Å². The van der Waals surface area contributed by atoms with Crippen molar-refractivity contribution in [2.45, 2.75) is 51.0 Å². The third-order valence-electron chi connectivity index (χ3n) is 9.92. The number of ketones is 1. The van der Waals surface area contributed by atoms with Gasteiger partial charge in [-0.15, -0.1) is 0 Å². The number of rotatable bonds is 10. The molecule has 3 heterocycles. The highest BCUT2D eigenvalue weighted by atomic mass is 16.5. The lowest BCUT2D eigenvalue weighted by Gasteiger charge is -2.56. The molecule has 11 heteroatoms. The zero-order chi connectivity index (χ0) is 33.7. The van der Waals surface area contributed by atoms with Crippen LogP contribution in [0.3, 0.4) is 0 Å². The van der Waals surface area contributed by atoms with Crippen molar-refractivity contribution < 1.29 is 42.7 Å². The first-order chi connectivity index (χ1) is 22.7. The summed E-state index contributed by atoms with van der Waals surface area (Å²) in [6.07, 6.45) is 0.352. The number of piperazine rings is 1. The van der Waals surface area contributed by atoms with E-state index in [9.17, 15) is 4.79 Å². The fourth-order valence-corrected chi connectivity index (χ4v) is 7.98. The maximum Gasteiger partial charge on any atom is 0.241 e. The Hall–Kier alpha value is -4.48. The maximum atomic E-state index is 15.1. The van der Waals surface area contributed by atoms with Gasteiger partial charge in [-0.2, -0.15) is 0 Å². The Labute approximate surface area is 275 Å². The Morgan fingerprint density at radius 2 is 1.26 bits per heavy atom. The number of amides is 1. The maximum absolute atomic E-state index is 15.1. The SMILES string of the molecule is COc1c(C)c(OC)c(OC)c2c1CC1C(=O)N3[C@@H](COCc4ccccc4)c4c(OC)c(OC)c(C)c(OC)c4C(=O)[C@H]3[C@H]2N1C. The third-order valence-corrected chi connectivity index (χ3v) is 9.92. The predicted molar refractivity (Wildman–Crippen MR) is 173 cm³/mol. The van der Waals surface area contributed by atoms with Gasteiger partial charge in [-0.1, -0.05) is 30.3 Å². The Kier molecular flexibility index (Phi) is 8.71. The summed E-state index contributed by atoms with van der Waals surface area (Å²) in [6.45, 7) is 4.13. The van der Waals surface area contributed by atoms with E-state index in [1.807, 2.05) is 56.1 Å². The van der Waals surface area contributed by atoms with Gasteiger partial charge in [0.15, 0.2) is 28.8 Å². The number of ether oxygens (including phenoxy) is 7. The first-order valence-electron chi connectivity index (χ1n) is 15.5. The van der Waals surface area contributed by atoms with Crippen molar-refractivity contribution in [3.63, 3.8) is 0 Å². The number of carbonyl (C=O) groups excluding carboxylic acids is 2. The fourth-order valence-electron chi connectivity index (χ4n) is 7.98. The van der Waals surface area contributed by atoms with Crippen LogP contribution in [0.1, 0.15) is 55.8 Å². The Morgan fingerprint density at radius 1 is 0.702 bits per heavy atom. The van der Waals surface area contributed by atoms with Gasteiger partial charge in [0, 0.05) is 34.2 Å². The lowest BCUT2D eigenvalue weighted by atomic mass is 9.72. The summed E-state index contributed by atoms with van der Waals surface area (Å²) in [4.78, 5) is 33.6. The minimum Gasteiger partial charge on any atom is -0.496 e. The Balaban J connectivity index is 1.62. The van der Waals surface area contributed by atoms with Crippen LogP contribution >= 0.6 is 0 Å².